The molecular weight excluding hydrogens is 233 g/mol. The number of alkyl halides is 3. The van der Waals surface area contributed by atoms with Crippen LogP contribution in [0.15, 0.2) is 42.5 Å². The Morgan fingerprint density at radius 3 is 2.06 bits per heavy atom. The van der Waals surface area contributed by atoms with Gasteiger partial charge in [-0.05, 0) is 12.5 Å². The Bertz CT molecular complexity index is 437. The van der Waals surface area contributed by atoms with Gasteiger partial charge >= 0.3 is 6.18 Å². The minimum atomic E-state index is -5.00. The molecule has 1 atom stereocenters. The molecule has 0 amide bonds. The topological polar surface area (TPSA) is 37.3 Å². The van der Waals surface area contributed by atoms with E-state index in [1.165, 1.54) is 18.2 Å². The summed E-state index contributed by atoms with van der Waals surface area (Å²) in [6.45, 7) is 3.98. The van der Waals surface area contributed by atoms with Crippen LogP contribution in [0.4, 0.5) is 13.2 Å². The molecular formula is C12H11F3O2. The molecule has 0 spiro atoms. The highest BCUT2D eigenvalue weighted by atomic mass is 19.4. The summed E-state index contributed by atoms with van der Waals surface area (Å²) in [5.74, 6) is -0.909. The Morgan fingerprint density at radius 1 is 1.24 bits per heavy atom. The van der Waals surface area contributed by atoms with Gasteiger partial charge in [0.2, 0.25) is 5.60 Å². The first-order chi connectivity index (χ1) is 7.71. The predicted molar refractivity (Wildman–Crippen MR) is 56.2 cm³/mol. The molecule has 0 radical (unpaired) electrons. The predicted octanol–water partition coefficient (Wildman–Crippen LogP) is 2.58. The molecule has 0 aliphatic rings. The third kappa shape index (κ3) is 2.24. The molecule has 0 saturated heterocycles. The fourth-order valence-electron chi connectivity index (χ4n) is 1.44. The normalized spacial score (nSPS) is 15.1. The van der Waals surface area contributed by atoms with Gasteiger partial charge in [-0.3, -0.25) is 4.79 Å². The van der Waals surface area contributed by atoms with E-state index in [2.05, 4.69) is 6.58 Å². The minimum Gasteiger partial charge on any atom is -0.372 e. The highest BCUT2D eigenvalue weighted by Crippen LogP contribution is 2.43. The van der Waals surface area contributed by atoms with E-state index >= 15 is 0 Å². The number of ketones is 1. The Hall–Kier alpha value is -1.62. The molecule has 5 heteroatoms. The second-order valence-corrected chi connectivity index (χ2v) is 3.61. The third-order valence-corrected chi connectivity index (χ3v) is 2.46. The Labute approximate surface area is 96.4 Å². The Kier molecular flexibility index (Phi) is 3.43. The first kappa shape index (κ1) is 13.4. The van der Waals surface area contributed by atoms with Gasteiger partial charge in [0.1, 0.15) is 0 Å². The van der Waals surface area contributed by atoms with Crippen molar-refractivity contribution in [3.63, 3.8) is 0 Å². The zero-order valence-corrected chi connectivity index (χ0v) is 9.08. The van der Waals surface area contributed by atoms with Crippen LogP contribution in [0, 0.1) is 0 Å². The van der Waals surface area contributed by atoms with Crippen LogP contribution in [0.3, 0.4) is 0 Å². The van der Waals surface area contributed by atoms with E-state index in [1.54, 1.807) is 0 Å². The number of rotatable bonds is 3. The van der Waals surface area contributed by atoms with Crippen molar-refractivity contribution in [1.82, 2.24) is 0 Å². The lowest BCUT2D eigenvalue weighted by molar-refractivity contribution is -0.249. The van der Waals surface area contributed by atoms with Gasteiger partial charge in [0, 0.05) is 5.57 Å². The lowest BCUT2D eigenvalue weighted by atomic mass is 9.84. The second-order valence-electron chi connectivity index (χ2n) is 3.61. The van der Waals surface area contributed by atoms with Crippen molar-refractivity contribution in [3.05, 3.63) is 48.0 Å². The van der Waals surface area contributed by atoms with Crippen molar-refractivity contribution in [2.45, 2.75) is 18.7 Å². The minimum absolute atomic E-state index is 0.423. The fraction of sp³-hybridized carbons (Fsp3) is 0.250. The second kappa shape index (κ2) is 4.33. The number of carbonyl (C=O) groups is 1. The molecule has 92 valence electrons. The van der Waals surface area contributed by atoms with Crippen LogP contribution in [0.1, 0.15) is 12.5 Å². The first-order valence-corrected chi connectivity index (χ1v) is 4.76. The largest absolute Gasteiger partial charge is 0.425 e. The quantitative estimate of drug-likeness (QED) is 0.830. The van der Waals surface area contributed by atoms with Crippen LogP contribution in [-0.4, -0.2) is 17.1 Å². The van der Waals surface area contributed by atoms with E-state index in [9.17, 15) is 23.1 Å². The van der Waals surface area contributed by atoms with E-state index in [0.29, 0.717) is 0 Å². The van der Waals surface area contributed by atoms with Gasteiger partial charge in [-0.15, -0.1) is 0 Å². The van der Waals surface area contributed by atoms with Crippen LogP contribution in [0.25, 0.3) is 0 Å². The zero-order valence-electron chi connectivity index (χ0n) is 9.08. The number of hydrogen-bond acceptors (Lipinski definition) is 2. The van der Waals surface area contributed by atoms with Crippen molar-refractivity contribution < 1.29 is 23.1 Å². The summed E-state index contributed by atoms with van der Waals surface area (Å²) in [5.41, 5.74) is -4.65. The summed E-state index contributed by atoms with van der Waals surface area (Å²) in [5, 5.41) is 9.81. The van der Waals surface area contributed by atoms with Gasteiger partial charge in [0.15, 0.2) is 5.78 Å². The standard InChI is InChI=1S/C12H11F3O2/c1-8(9(2)16)11(17,12(13,14)15)10-6-4-3-5-7-10/h3-7,17H,1H2,2H3. The highest BCUT2D eigenvalue weighted by molar-refractivity contribution is 5.95. The molecule has 1 aromatic carbocycles. The summed E-state index contributed by atoms with van der Waals surface area (Å²) in [7, 11) is 0. The Balaban J connectivity index is 3.42. The van der Waals surface area contributed by atoms with E-state index in [1.807, 2.05) is 0 Å². The van der Waals surface area contributed by atoms with Gasteiger partial charge in [-0.2, -0.15) is 13.2 Å². The average Bonchev–Trinajstić information content (AvgIpc) is 2.26. The van der Waals surface area contributed by atoms with Crippen molar-refractivity contribution in [2.75, 3.05) is 0 Å². The molecule has 0 bridgehead atoms. The molecule has 0 aliphatic heterocycles. The molecule has 1 N–H and O–H groups in total. The maximum Gasteiger partial charge on any atom is 0.425 e. The molecule has 2 nitrogen and oxygen atoms in total. The molecule has 17 heavy (non-hydrogen) atoms. The zero-order chi connectivity index (χ0) is 13.3. The summed E-state index contributed by atoms with van der Waals surface area (Å²) < 4.78 is 38.8. The van der Waals surface area contributed by atoms with Crippen LogP contribution in [0.5, 0.6) is 0 Å². The molecule has 0 heterocycles. The maximum absolute atomic E-state index is 12.9. The molecule has 1 rings (SSSR count). The van der Waals surface area contributed by atoms with Crippen molar-refractivity contribution in [1.29, 1.82) is 0 Å². The van der Waals surface area contributed by atoms with Gasteiger partial charge in [-0.1, -0.05) is 36.9 Å². The number of benzene rings is 1. The van der Waals surface area contributed by atoms with E-state index in [4.69, 9.17) is 0 Å². The Morgan fingerprint density at radius 2 is 1.71 bits per heavy atom. The number of aliphatic hydroxyl groups is 1. The lowest BCUT2D eigenvalue weighted by Crippen LogP contribution is -2.45. The number of halogens is 3. The number of Topliss-reactive ketones (excluding diaryl/α,β-unsaturated/α-hetero) is 1. The highest BCUT2D eigenvalue weighted by Gasteiger charge is 2.57. The average molecular weight is 244 g/mol. The van der Waals surface area contributed by atoms with Crippen LogP contribution < -0.4 is 0 Å². The smallest absolute Gasteiger partial charge is 0.372 e. The van der Waals surface area contributed by atoms with Gasteiger partial charge in [0.25, 0.3) is 0 Å². The molecule has 1 aromatic rings. The molecule has 1 unspecified atom stereocenters. The summed E-state index contributed by atoms with van der Waals surface area (Å²) in [6.07, 6.45) is -5.00. The number of hydrogen-bond donors (Lipinski definition) is 1. The SMILES string of the molecule is C=C(C(C)=O)C(O)(c1ccccc1)C(F)(F)F. The molecule has 0 saturated carbocycles. The van der Waals surface area contributed by atoms with Crippen molar-refractivity contribution in [3.8, 4) is 0 Å². The van der Waals surface area contributed by atoms with Crippen molar-refractivity contribution >= 4 is 5.78 Å². The van der Waals surface area contributed by atoms with Crippen LogP contribution in [-0.2, 0) is 10.4 Å². The van der Waals surface area contributed by atoms with Crippen molar-refractivity contribution in [2.24, 2.45) is 0 Å². The van der Waals surface area contributed by atoms with E-state index in [-0.39, 0.29) is 0 Å². The van der Waals surface area contributed by atoms with Crippen LogP contribution in [0.2, 0.25) is 0 Å². The van der Waals surface area contributed by atoms with Gasteiger partial charge in [0.05, 0.1) is 0 Å². The summed E-state index contributed by atoms with van der Waals surface area (Å²) in [6, 6.07) is 6.40. The summed E-state index contributed by atoms with van der Waals surface area (Å²) >= 11 is 0. The van der Waals surface area contributed by atoms with Gasteiger partial charge < -0.3 is 5.11 Å². The van der Waals surface area contributed by atoms with Crippen LogP contribution >= 0.6 is 0 Å². The lowest BCUT2D eigenvalue weighted by Gasteiger charge is -2.31. The van der Waals surface area contributed by atoms with Gasteiger partial charge in [-0.25, -0.2) is 0 Å². The molecule has 0 aromatic heterocycles. The number of carbonyl (C=O) groups excluding carboxylic acids is 1. The van der Waals surface area contributed by atoms with E-state index in [0.717, 1.165) is 19.1 Å². The molecule has 0 fully saturated rings. The maximum atomic E-state index is 12.9. The molecule has 0 aliphatic carbocycles. The first-order valence-electron chi connectivity index (χ1n) is 4.76. The monoisotopic (exact) mass is 244 g/mol. The third-order valence-electron chi connectivity index (χ3n) is 2.46. The summed E-state index contributed by atoms with van der Waals surface area (Å²) in [4.78, 5) is 11.1. The van der Waals surface area contributed by atoms with E-state index < -0.39 is 28.7 Å². The fourth-order valence-corrected chi connectivity index (χ4v) is 1.44.